The minimum Gasteiger partial charge on any atom is -0.324 e. The predicted molar refractivity (Wildman–Crippen MR) is 75.6 cm³/mol. The van der Waals surface area contributed by atoms with E-state index in [0.717, 1.165) is 12.1 Å². The van der Waals surface area contributed by atoms with Gasteiger partial charge in [0, 0.05) is 0 Å². The Balaban J connectivity index is 2.04. The summed E-state index contributed by atoms with van der Waals surface area (Å²) in [5, 5.41) is 2.87. The molecule has 7 heteroatoms. The zero-order valence-corrected chi connectivity index (χ0v) is 12.3. The van der Waals surface area contributed by atoms with Crippen LogP contribution in [0.4, 0.5) is 14.5 Å². The smallest absolute Gasteiger partial charge is 0.228 e. The van der Waals surface area contributed by atoms with E-state index in [4.69, 9.17) is 11.6 Å². The number of rotatable bonds is 3. The lowest BCUT2D eigenvalue weighted by Gasteiger charge is -2.06. The fraction of sp³-hybridized carbons (Fsp3) is 0.0769. The molecule has 0 bridgehead atoms. The molecule has 0 radical (unpaired) electrons. The molecule has 0 unspecified atom stereocenters. The van der Waals surface area contributed by atoms with Crippen molar-refractivity contribution in [1.29, 1.82) is 0 Å². The number of hydrogen-bond donors (Lipinski definition) is 1. The van der Waals surface area contributed by atoms with Gasteiger partial charge in [0.05, 0.1) is 22.8 Å². The summed E-state index contributed by atoms with van der Waals surface area (Å²) in [5.74, 6) is -2.29. The molecule has 0 atom stereocenters. The SMILES string of the molecule is O=C(Cc1ccc(F)c(F)c1)Nc1cnc(Cl)c(Br)c1. The van der Waals surface area contributed by atoms with E-state index in [-0.39, 0.29) is 17.5 Å². The Bertz CT molecular complexity index is 611. The van der Waals surface area contributed by atoms with Crippen LogP contribution < -0.4 is 5.32 Å². The van der Waals surface area contributed by atoms with Gasteiger partial charge in [-0.15, -0.1) is 0 Å². The van der Waals surface area contributed by atoms with Gasteiger partial charge in [0.25, 0.3) is 0 Å². The van der Waals surface area contributed by atoms with Gasteiger partial charge in [-0.3, -0.25) is 4.79 Å². The van der Waals surface area contributed by atoms with E-state index in [2.05, 4.69) is 26.2 Å². The van der Waals surface area contributed by atoms with Crippen LogP contribution in [0.15, 0.2) is 34.9 Å². The first-order valence-electron chi connectivity index (χ1n) is 5.50. The molecule has 1 aromatic heterocycles. The average Bonchev–Trinajstić information content (AvgIpc) is 2.38. The summed E-state index contributed by atoms with van der Waals surface area (Å²) in [4.78, 5) is 15.6. The molecule has 0 saturated heterocycles. The monoisotopic (exact) mass is 360 g/mol. The van der Waals surface area contributed by atoms with Crippen LogP contribution in [-0.2, 0) is 11.2 Å². The number of aromatic nitrogens is 1. The highest BCUT2D eigenvalue weighted by Crippen LogP contribution is 2.23. The largest absolute Gasteiger partial charge is 0.324 e. The van der Waals surface area contributed by atoms with E-state index in [0.29, 0.717) is 15.7 Å². The second kappa shape index (κ2) is 6.28. The van der Waals surface area contributed by atoms with Crippen molar-refractivity contribution in [2.45, 2.75) is 6.42 Å². The first-order valence-corrected chi connectivity index (χ1v) is 6.67. The molecular formula is C13H8BrClF2N2O. The van der Waals surface area contributed by atoms with Gasteiger partial charge in [-0.05, 0) is 39.7 Å². The number of carbonyl (C=O) groups excluding carboxylic acids is 1. The van der Waals surface area contributed by atoms with Gasteiger partial charge in [-0.25, -0.2) is 13.8 Å². The lowest BCUT2D eigenvalue weighted by molar-refractivity contribution is -0.115. The van der Waals surface area contributed by atoms with Gasteiger partial charge in [0.2, 0.25) is 5.91 Å². The molecule has 104 valence electrons. The van der Waals surface area contributed by atoms with Gasteiger partial charge in [-0.1, -0.05) is 17.7 Å². The van der Waals surface area contributed by atoms with Crippen molar-refractivity contribution in [3.8, 4) is 0 Å². The predicted octanol–water partition coefficient (Wildman–Crippen LogP) is 3.96. The minimum atomic E-state index is -0.980. The molecular weight excluding hydrogens is 354 g/mol. The van der Waals surface area contributed by atoms with Crippen LogP contribution in [0.3, 0.4) is 0 Å². The van der Waals surface area contributed by atoms with Crippen molar-refractivity contribution in [2.75, 3.05) is 5.32 Å². The zero-order valence-electron chi connectivity index (χ0n) is 9.96. The van der Waals surface area contributed by atoms with Crippen molar-refractivity contribution in [3.63, 3.8) is 0 Å². The number of hydrogen-bond acceptors (Lipinski definition) is 2. The Morgan fingerprint density at radius 1 is 1.30 bits per heavy atom. The van der Waals surface area contributed by atoms with E-state index < -0.39 is 11.6 Å². The van der Waals surface area contributed by atoms with Crippen molar-refractivity contribution in [1.82, 2.24) is 4.98 Å². The Hall–Kier alpha value is -1.53. The van der Waals surface area contributed by atoms with Crippen LogP contribution >= 0.6 is 27.5 Å². The maximum atomic E-state index is 13.0. The highest BCUT2D eigenvalue weighted by molar-refractivity contribution is 9.10. The number of carbonyl (C=O) groups is 1. The van der Waals surface area contributed by atoms with Gasteiger partial charge in [0.15, 0.2) is 11.6 Å². The summed E-state index contributed by atoms with van der Waals surface area (Å²) in [6.45, 7) is 0. The third kappa shape index (κ3) is 3.74. The minimum absolute atomic E-state index is 0.0720. The molecule has 0 saturated carbocycles. The molecule has 0 spiro atoms. The van der Waals surface area contributed by atoms with Crippen molar-refractivity contribution in [3.05, 3.63) is 57.3 Å². The lowest BCUT2D eigenvalue weighted by atomic mass is 10.1. The summed E-state index contributed by atoms with van der Waals surface area (Å²) < 4.78 is 26.3. The molecule has 1 N–H and O–H groups in total. The average molecular weight is 362 g/mol. The molecule has 20 heavy (non-hydrogen) atoms. The summed E-state index contributed by atoms with van der Waals surface area (Å²) in [5.41, 5.74) is 0.830. The molecule has 1 heterocycles. The molecule has 0 fully saturated rings. The standard InChI is InChI=1S/C13H8BrClF2N2O/c14-9-5-8(6-18-13(9)15)19-12(20)4-7-1-2-10(16)11(17)3-7/h1-3,5-6H,4H2,(H,19,20). The number of pyridine rings is 1. The fourth-order valence-electron chi connectivity index (χ4n) is 1.53. The van der Waals surface area contributed by atoms with Crippen LogP contribution in [0.25, 0.3) is 0 Å². The molecule has 0 aliphatic rings. The summed E-state index contributed by atoms with van der Waals surface area (Å²) in [6, 6.07) is 4.93. The normalized spacial score (nSPS) is 10.4. The van der Waals surface area contributed by atoms with E-state index in [1.807, 2.05) is 0 Å². The Morgan fingerprint density at radius 3 is 2.70 bits per heavy atom. The third-order valence-corrected chi connectivity index (χ3v) is 3.56. The van der Waals surface area contributed by atoms with E-state index in [1.54, 1.807) is 6.07 Å². The number of amides is 1. The van der Waals surface area contributed by atoms with Gasteiger partial charge >= 0.3 is 0 Å². The van der Waals surface area contributed by atoms with E-state index in [9.17, 15) is 13.6 Å². The molecule has 3 nitrogen and oxygen atoms in total. The van der Waals surface area contributed by atoms with Crippen molar-refractivity contribution < 1.29 is 13.6 Å². The first-order chi connectivity index (χ1) is 9.45. The van der Waals surface area contributed by atoms with Crippen LogP contribution in [0.2, 0.25) is 5.15 Å². The van der Waals surface area contributed by atoms with Crippen LogP contribution in [0.1, 0.15) is 5.56 Å². The van der Waals surface area contributed by atoms with Crippen LogP contribution in [-0.4, -0.2) is 10.9 Å². The first kappa shape index (κ1) is 14.9. The van der Waals surface area contributed by atoms with Gasteiger partial charge in [-0.2, -0.15) is 0 Å². The lowest BCUT2D eigenvalue weighted by Crippen LogP contribution is -2.14. The van der Waals surface area contributed by atoms with E-state index >= 15 is 0 Å². The number of halogens is 4. The van der Waals surface area contributed by atoms with Crippen molar-refractivity contribution >= 4 is 39.1 Å². The number of benzene rings is 1. The van der Waals surface area contributed by atoms with Crippen molar-refractivity contribution in [2.24, 2.45) is 0 Å². The maximum Gasteiger partial charge on any atom is 0.228 e. The molecule has 0 aliphatic heterocycles. The van der Waals surface area contributed by atoms with Gasteiger partial charge in [0.1, 0.15) is 5.15 Å². The molecule has 0 aliphatic carbocycles. The molecule has 1 amide bonds. The molecule has 1 aromatic carbocycles. The number of nitrogens with one attached hydrogen (secondary N) is 1. The topological polar surface area (TPSA) is 42.0 Å². The Kier molecular flexibility index (Phi) is 4.67. The van der Waals surface area contributed by atoms with Crippen LogP contribution in [0, 0.1) is 11.6 Å². The third-order valence-electron chi connectivity index (χ3n) is 2.43. The quantitative estimate of drug-likeness (QED) is 0.841. The summed E-state index contributed by atoms with van der Waals surface area (Å²) in [7, 11) is 0. The van der Waals surface area contributed by atoms with Gasteiger partial charge < -0.3 is 5.32 Å². The highest BCUT2D eigenvalue weighted by atomic mass is 79.9. The molecule has 2 aromatic rings. The van der Waals surface area contributed by atoms with Crippen LogP contribution in [0.5, 0.6) is 0 Å². The second-order valence-corrected chi connectivity index (χ2v) is 5.18. The number of anilines is 1. The summed E-state index contributed by atoms with van der Waals surface area (Å²) in [6.07, 6.45) is 1.33. The summed E-state index contributed by atoms with van der Waals surface area (Å²) >= 11 is 8.91. The highest BCUT2D eigenvalue weighted by Gasteiger charge is 2.09. The second-order valence-electron chi connectivity index (χ2n) is 3.97. The Labute approximate surface area is 127 Å². The van der Waals surface area contributed by atoms with E-state index in [1.165, 1.54) is 12.3 Å². The Morgan fingerprint density at radius 2 is 2.05 bits per heavy atom. The number of nitrogens with zero attached hydrogens (tertiary/aromatic N) is 1. The fourth-order valence-corrected chi connectivity index (χ4v) is 1.98. The zero-order chi connectivity index (χ0) is 14.7. The molecule has 2 rings (SSSR count). The maximum absolute atomic E-state index is 13.0.